The number of Topliss-reactive ketones (excluding diaryl/α,β-unsaturated/α-hetero) is 1. The Kier molecular flexibility index (Phi) is 10.8. The first-order valence-corrected chi connectivity index (χ1v) is 14.0. The van der Waals surface area contributed by atoms with Crippen molar-refractivity contribution < 1.29 is 19.3 Å². The highest BCUT2D eigenvalue weighted by atomic mass is 32.2. The SMILES string of the molecule is CCCCCC(=NOC(=NOC(=O)c1ccccc1)c1ccccc1)C(=O)c1ccc(Sc2ccccc2)cc1. The number of carbonyl (C=O) groups is 2. The van der Waals surface area contributed by atoms with Crippen molar-refractivity contribution in [3.63, 3.8) is 0 Å². The Bertz CT molecular complexity index is 1440. The fourth-order valence-corrected chi connectivity index (χ4v) is 4.56. The number of ketones is 1. The first-order chi connectivity index (χ1) is 19.6. The second-order valence-corrected chi connectivity index (χ2v) is 10.0. The van der Waals surface area contributed by atoms with E-state index >= 15 is 0 Å². The standard InChI is InChI=1S/C33H30N2O4S/c1-2-3-7-20-30(31(36)25-21-23-29(24-22-25)40-28-18-12-6-13-19-28)34-38-32(26-14-8-4-9-15-26)35-39-33(37)27-16-10-5-11-17-27/h4-6,8-19,21-24H,2-3,7,20H2,1H3. The molecular weight excluding hydrogens is 520 g/mol. The summed E-state index contributed by atoms with van der Waals surface area (Å²) in [5.74, 6) is -0.879. The summed E-state index contributed by atoms with van der Waals surface area (Å²) in [7, 11) is 0. The van der Waals surface area contributed by atoms with Gasteiger partial charge < -0.3 is 9.68 Å². The average molecular weight is 551 g/mol. The molecule has 0 unspecified atom stereocenters. The largest absolute Gasteiger partial charge is 0.365 e. The molecule has 0 saturated heterocycles. The maximum absolute atomic E-state index is 13.5. The van der Waals surface area contributed by atoms with Crippen LogP contribution >= 0.6 is 11.8 Å². The van der Waals surface area contributed by atoms with E-state index in [4.69, 9.17) is 9.68 Å². The number of hydrogen-bond acceptors (Lipinski definition) is 7. The Morgan fingerprint density at radius 3 is 1.82 bits per heavy atom. The van der Waals surface area contributed by atoms with Crippen LogP contribution in [0.1, 0.15) is 58.9 Å². The van der Waals surface area contributed by atoms with Crippen LogP contribution in [0.3, 0.4) is 0 Å². The van der Waals surface area contributed by atoms with Crippen molar-refractivity contribution in [1.29, 1.82) is 0 Å². The van der Waals surface area contributed by atoms with E-state index in [-0.39, 0.29) is 17.4 Å². The number of benzene rings is 4. The summed E-state index contributed by atoms with van der Waals surface area (Å²) in [5.41, 5.74) is 1.70. The Labute approximate surface area is 238 Å². The average Bonchev–Trinajstić information content (AvgIpc) is 3.01. The molecule has 0 aliphatic rings. The van der Waals surface area contributed by atoms with Crippen LogP contribution in [0.2, 0.25) is 0 Å². The van der Waals surface area contributed by atoms with Crippen molar-refractivity contribution in [3.8, 4) is 0 Å². The van der Waals surface area contributed by atoms with Gasteiger partial charge in [-0.15, -0.1) is 0 Å². The van der Waals surface area contributed by atoms with E-state index in [1.807, 2.05) is 48.5 Å². The summed E-state index contributed by atoms with van der Waals surface area (Å²) in [6.45, 7) is 2.10. The van der Waals surface area contributed by atoms with Gasteiger partial charge in [-0.05, 0) is 78.7 Å². The number of nitrogens with zero attached hydrogens (tertiary/aromatic N) is 2. The molecule has 0 aliphatic heterocycles. The minimum Gasteiger partial charge on any atom is -0.332 e. The molecule has 0 aliphatic carbocycles. The summed E-state index contributed by atoms with van der Waals surface area (Å²) in [4.78, 5) is 38.9. The summed E-state index contributed by atoms with van der Waals surface area (Å²) >= 11 is 1.63. The van der Waals surface area contributed by atoms with E-state index < -0.39 is 5.97 Å². The molecule has 4 rings (SSSR count). The number of rotatable bonds is 12. The third-order valence-electron chi connectivity index (χ3n) is 5.86. The molecular formula is C33H30N2O4S. The van der Waals surface area contributed by atoms with E-state index in [0.717, 1.165) is 29.1 Å². The van der Waals surface area contributed by atoms with Crippen molar-refractivity contribution in [2.24, 2.45) is 10.3 Å². The lowest BCUT2D eigenvalue weighted by atomic mass is 10.0. The second-order valence-electron chi connectivity index (χ2n) is 8.86. The highest BCUT2D eigenvalue weighted by molar-refractivity contribution is 7.99. The van der Waals surface area contributed by atoms with Crippen molar-refractivity contribution >= 4 is 35.1 Å². The Morgan fingerprint density at radius 1 is 0.625 bits per heavy atom. The first-order valence-electron chi connectivity index (χ1n) is 13.2. The van der Waals surface area contributed by atoms with Crippen molar-refractivity contribution in [1.82, 2.24) is 0 Å². The lowest BCUT2D eigenvalue weighted by Gasteiger charge is -2.09. The normalized spacial score (nSPS) is 11.6. The summed E-state index contributed by atoms with van der Waals surface area (Å²) in [5, 5.41) is 8.18. The molecule has 0 amide bonds. The summed E-state index contributed by atoms with van der Waals surface area (Å²) < 4.78 is 0. The predicted molar refractivity (Wildman–Crippen MR) is 159 cm³/mol. The van der Waals surface area contributed by atoms with Gasteiger partial charge in [-0.25, -0.2) is 4.79 Å². The highest BCUT2D eigenvalue weighted by Gasteiger charge is 2.17. The van der Waals surface area contributed by atoms with Crippen molar-refractivity contribution in [2.45, 2.75) is 42.4 Å². The minimum atomic E-state index is -0.630. The zero-order valence-corrected chi connectivity index (χ0v) is 23.1. The molecule has 0 radical (unpaired) electrons. The maximum atomic E-state index is 13.5. The predicted octanol–water partition coefficient (Wildman–Crippen LogP) is 8.19. The Hall–Kier alpha value is -4.49. The maximum Gasteiger partial charge on any atom is 0.365 e. The zero-order chi connectivity index (χ0) is 28.0. The van der Waals surface area contributed by atoms with E-state index in [0.29, 0.717) is 23.1 Å². The van der Waals surface area contributed by atoms with Gasteiger partial charge in [0.05, 0.1) is 5.56 Å². The van der Waals surface area contributed by atoms with Crippen LogP contribution in [0.5, 0.6) is 0 Å². The van der Waals surface area contributed by atoms with Crippen LogP contribution in [-0.2, 0) is 9.68 Å². The van der Waals surface area contributed by atoms with Gasteiger partial charge in [0.15, 0.2) is 0 Å². The van der Waals surface area contributed by atoms with Gasteiger partial charge in [-0.3, -0.25) is 4.79 Å². The lowest BCUT2D eigenvalue weighted by molar-refractivity contribution is 0.0502. The molecule has 0 bridgehead atoms. The molecule has 0 N–H and O–H groups in total. The number of oxime groups is 2. The van der Waals surface area contributed by atoms with Crippen molar-refractivity contribution in [2.75, 3.05) is 0 Å². The van der Waals surface area contributed by atoms with Gasteiger partial charge in [0.1, 0.15) is 5.71 Å². The van der Waals surface area contributed by atoms with E-state index in [2.05, 4.69) is 17.2 Å². The van der Waals surface area contributed by atoms with Crippen LogP contribution in [0, 0.1) is 0 Å². The van der Waals surface area contributed by atoms with E-state index in [1.165, 1.54) is 0 Å². The molecule has 0 aromatic heterocycles. The molecule has 202 valence electrons. The van der Waals surface area contributed by atoms with Gasteiger partial charge in [0.25, 0.3) is 5.90 Å². The van der Waals surface area contributed by atoms with Gasteiger partial charge in [-0.2, -0.15) is 0 Å². The monoisotopic (exact) mass is 550 g/mol. The van der Waals surface area contributed by atoms with Crippen LogP contribution in [-0.4, -0.2) is 23.4 Å². The minimum absolute atomic E-state index is 0.0275. The van der Waals surface area contributed by atoms with E-state index in [1.54, 1.807) is 78.5 Å². The molecule has 0 atom stereocenters. The Balaban J connectivity index is 1.54. The smallest absolute Gasteiger partial charge is 0.332 e. The lowest BCUT2D eigenvalue weighted by Crippen LogP contribution is -2.17. The third kappa shape index (κ3) is 8.51. The van der Waals surface area contributed by atoms with Gasteiger partial charge in [0, 0.05) is 20.9 Å². The van der Waals surface area contributed by atoms with E-state index in [9.17, 15) is 9.59 Å². The van der Waals surface area contributed by atoms with Crippen LogP contribution in [0.4, 0.5) is 0 Å². The molecule has 4 aromatic carbocycles. The topological polar surface area (TPSA) is 77.3 Å². The molecule has 0 spiro atoms. The molecule has 0 fully saturated rings. The molecule has 4 aromatic rings. The summed E-state index contributed by atoms with van der Waals surface area (Å²) in [6.07, 6.45) is 3.18. The third-order valence-corrected chi connectivity index (χ3v) is 6.87. The fraction of sp³-hybridized carbons (Fsp3) is 0.152. The molecule has 40 heavy (non-hydrogen) atoms. The molecule has 0 heterocycles. The van der Waals surface area contributed by atoms with Crippen LogP contribution in [0.15, 0.2) is 135 Å². The molecule has 0 saturated carbocycles. The quantitative estimate of drug-likeness (QED) is 0.0444. The van der Waals surface area contributed by atoms with Crippen LogP contribution < -0.4 is 0 Å². The molecule has 7 heteroatoms. The second kappa shape index (κ2) is 15.2. The summed E-state index contributed by atoms with van der Waals surface area (Å²) in [6, 6.07) is 35.0. The first kappa shape index (κ1) is 28.5. The van der Waals surface area contributed by atoms with Gasteiger partial charge in [0.2, 0.25) is 5.78 Å². The highest BCUT2D eigenvalue weighted by Crippen LogP contribution is 2.27. The van der Waals surface area contributed by atoms with Gasteiger partial charge in [-0.1, -0.05) is 91.3 Å². The number of unbranched alkanes of at least 4 members (excludes halogenated alkanes) is 2. The number of carbonyl (C=O) groups excluding carboxylic acids is 2. The fourth-order valence-electron chi connectivity index (χ4n) is 3.72. The zero-order valence-electron chi connectivity index (χ0n) is 22.2. The number of hydrogen-bond donors (Lipinski definition) is 0. The van der Waals surface area contributed by atoms with Gasteiger partial charge >= 0.3 is 5.97 Å². The molecule has 6 nitrogen and oxygen atoms in total. The van der Waals surface area contributed by atoms with Crippen molar-refractivity contribution in [3.05, 3.63) is 132 Å². The van der Waals surface area contributed by atoms with Crippen LogP contribution in [0.25, 0.3) is 0 Å². The Morgan fingerprint density at radius 2 is 1.20 bits per heavy atom.